The highest BCUT2D eigenvalue weighted by atomic mass is 35.5. The fourth-order valence-electron chi connectivity index (χ4n) is 4.06. The maximum atomic E-state index is 12.3. The van der Waals surface area contributed by atoms with Crippen molar-refractivity contribution in [2.24, 2.45) is 0 Å². The predicted molar refractivity (Wildman–Crippen MR) is 178 cm³/mol. The largest absolute Gasteiger partial charge is 0.459 e. The molecule has 5 rings (SSSR count). The summed E-state index contributed by atoms with van der Waals surface area (Å²) in [7, 11) is -3.52. The average molecular weight is 681 g/mol. The van der Waals surface area contributed by atoms with Crippen LogP contribution in [0.1, 0.15) is 10.4 Å². The molecule has 244 valence electrons. The first-order valence-electron chi connectivity index (χ1n) is 13.8. The van der Waals surface area contributed by atoms with E-state index < -0.39 is 33.6 Å². The summed E-state index contributed by atoms with van der Waals surface area (Å²) in [5.41, 5.74) is 2.30. The summed E-state index contributed by atoms with van der Waals surface area (Å²) in [4.78, 5) is 26.8. The first kappa shape index (κ1) is 34.6. The van der Waals surface area contributed by atoms with Crippen LogP contribution in [-0.2, 0) is 14.8 Å². The number of aromatic nitrogens is 1. The van der Waals surface area contributed by atoms with Gasteiger partial charge in [0, 0.05) is 28.4 Å². The van der Waals surface area contributed by atoms with Gasteiger partial charge in [-0.25, -0.2) is 13.2 Å². The molecule has 1 aromatic heterocycles. The maximum Gasteiger partial charge on any atom is 0.340 e. The van der Waals surface area contributed by atoms with E-state index in [1.54, 1.807) is 79.0 Å². The fourth-order valence-corrected chi connectivity index (χ4v) is 4.79. The number of pyridine rings is 1. The van der Waals surface area contributed by atoms with Gasteiger partial charge in [0.2, 0.25) is 10.0 Å². The Balaban J connectivity index is 0.000000218. The number of fused-ring (bicyclic) bond motifs is 1. The summed E-state index contributed by atoms with van der Waals surface area (Å²) in [5, 5.41) is 33.6. The van der Waals surface area contributed by atoms with Crippen LogP contribution in [-0.4, -0.2) is 60.1 Å². The third-order valence-electron chi connectivity index (χ3n) is 6.18. The first-order chi connectivity index (χ1) is 22.4. The Kier molecular flexibility index (Phi) is 11.6. The van der Waals surface area contributed by atoms with Gasteiger partial charge in [0.1, 0.15) is 18.5 Å². The maximum absolute atomic E-state index is 12.3. The molecule has 47 heavy (non-hydrogen) atoms. The van der Waals surface area contributed by atoms with Crippen LogP contribution in [0.4, 0.5) is 22.7 Å². The third-order valence-corrected chi connectivity index (χ3v) is 7.01. The smallest absolute Gasteiger partial charge is 0.340 e. The van der Waals surface area contributed by atoms with Crippen LogP contribution in [0, 0.1) is 10.1 Å². The van der Waals surface area contributed by atoms with Gasteiger partial charge in [-0.05, 0) is 54.6 Å². The van der Waals surface area contributed by atoms with Crippen molar-refractivity contribution in [3.05, 3.63) is 124 Å². The summed E-state index contributed by atoms with van der Waals surface area (Å²) in [6.45, 7) is -0.751. The number of nitrogens with one attached hydrogen (secondary N) is 2. The number of aliphatic hydroxyl groups is 2. The lowest BCUT2D eigenvalue weighted by Crippen LogP contribution is -2.22. The van der Waals surface area contributed by atoms with Gasteiger partial charge in [0.25, 0.3) is 5.69 Å². The molecule has 5 aromatic rings. The minimum Gasteiger partial charge on any atom is -0.459 e. The molecule has 1 atom stereocenters. The number of hydrogen-bond acceptors (Lipinski definition) is 11. The quantitative estimate of drug-likeness (QED) is 0.0738. The van der Waals surface area contributed by atoms with E-state index in [1.807, 2.05) is 6.07 Å². The first-order valence-corrected chi connectivity index (χ1v) is 16.1. The molecule has 0 aliphatic rings. The SMILES string of the molecule is CS(=O)(=O)Nc1ccc([N+](=O)[O-])cc1Oc1ccccc1.O=C(OCC(O)CO)c1ccccc1Nc1ccnc2cc(Cl)ccc12. The molecule has 0 aliphatic carbocycles. The summed E-state index contributed by atoms with van der Waals surface area (Å²) in [6.07, 6.45) is 1.54. The predicted octanol–water partition coefficient (Wildman–Crippen LogP) is 5.90. The van der Waals surface area contributed by atoms with Crippen molar-refractivity contribution in [1.29, 1.82) is 0 Å². The Hall–Kier alpha value is -5.28. The summed E-state index contributed by atoms with van der Waals surface area (Å²) >= 11 is 6.01. The van der Waals surface area contributed by atoms with Gasteiger partial charge < -0.3 is 25.0 Å². The van der Waals surface area contributed by atoms with Gasteiger partial charge in [-0.2, -0.15) is 0 Å². The molecule has 0 fully saturated rings. The molecule has 0 amide bonds. The van der Waals surface area contributed by atoms with Crippen LogP contribution < -0.4 is 14.8 Å². The number of sulfonamides is 1. The minimum atomic E-state index is -3.52. The van der Waals surface area contributed by atoms with Crippen molar-refractivity contribution in [2.75, 3.05) is 29.5 Å². The zero-order valence-corrected chi connectivity index (χ0v) is 26.3. The minimum absolute atomic E-state index is 0.0563. The number of nitrogens with zero attached hydrogens (tertiary/aromatic N) is 2. The molecular formula is C32H29ClN4O9S. The molecule has 0 spiro atoms. The van der Waals surface area contributed by atoms with E-state index in [9.17, 15) is 28.4 Å². The van der Waals surface area contributed by atoms with Crippen LogP contribution in [0.15, 0.2) is 103 Å². The number of halogens is 1. The molecule has 0 bridgehead atoms. The van der Waals surface area contributed by atoms with Crippen molar-refractivity contribution in [3.63, 3.8) is 0 Å². The van der Waals surface area contributed by atoms with Gasteiger partial charge in [-0.1, -0.05) is 41.9 Å². The molecule has 1 heterocycles. The number of carbonyl (C=O) groups excluding carboxylic acids is 1. The third kappa shape index (κ3) is 10.1. The van der Waals surface area contributed by atoms with E-state index >= 15 is 0 Å². The number of hydrogen-bond donors (Lipinski definition) is 4. The monoisotopic (exact) mass is 680 g/mol. The second-order valence-corrected chi connectivity index (χ2v) is 12.0. The number of ether oxygens (including phenoxy) is 2. The van der Waals surface area contributed by atoms with Gasteiger partial charge in [-0.15, -0.1) is 0 Å². The van der Waals surface area contributed by atoms with Crippen LogP contribution in [0.5, 0.6) is 11.5 Å². The van der Waals surface area contributed by atoms with Crippen molar-refractivity contribution in [1.82, 2.24) is 4.98 Å². The van der Waals surface area contributed by atoms with E-state index in [1.165, 1.54) is 18.2 Å². The summed E-state index contributed by atoms with van der Waals surface area (Å²) in [6, 6.07) is 26.3. The number of nitro benzene ring substituents is 1. The molecule has 0 radical (unpaired) electrons. The standard InChI is InChI=1S/C19H17ClN2O4.C13H12N2O5S/c20-12-5-6-14-17(7-8-21-18(14)9-12)22-16-4-2-1-3-15(16)19(25)26-11-13(24)10-23;1-21(18,19)14-12-8-7-10(15(16)17)9-13(12)20-11-5-3-2-4-6-11/h1-9,13,23-24H,10-11H2,(H,21,22);2-9,14H,1H3. The second-order valence-electron chi connectivity index (χ2n) is 9.85. The molecular weight excluding hydrogens is 652 g/mol. The molecule has 13 nitrogen and oxygen atoms in total. The van der Waals surface area contributed by atoms with E-state index in [4.69, 9.17) is 26.2 Å². The Bertz CT molecular complexity index is 1980. The molecule has 1 unspecified atom stereocenters. The number of nitro groups is 1. The molecule has 0 saturated heterocycles. The number of carbonyl (C=O) groups is 1. The van der Waals surface area contributed by atoms with Crippen LogP contribution >= 0.6 is 11.6 Å². The average Bonchev–Trinajstić information content (AvgIpc) is 3.04. The van der Waals surface area contributed by atoms with Gasteiger partial charge in [0.15, 0.2) is 5.75 Å². The second kappa shape index (κ2) is 15.8. The fraction of sp³-hybridized carbons (Fsp3) is 0.125. The zero-order chi connectivity index (χ0) is 34.0. The van der Waals surface area contributed by atoms with Crippen molar-refractivity contribution in [3.8, 4) is 11.5 Å². The topological polar surface area (TPSA) is 190 Å². The lowest BCUT2D eigenvalue weighted by Gasteiger charge is -2.14. The normalized spacial score (nSPS) is 11.5. The number of anilines is 3. The van der Waals surface area contributed by atoms with Gasteiger partial charge >= 0.3 is 5.97 Å². The Morgan fingerprint density at radius 2 is 1.70 bits per heavy atom. The highest BCUT2D eigenvalue weighted by molar-refractivity contribution is 7.92. The van der Waals surface area contributed by atoms with Gasteiger partial charge in [-0.3, -0.25) is 19.8 Å². The number of rotatable bonds is 11. The van der Waals surface area contributed by atoms with Crippen molar-refractivity contribution < 1.29 is 37.8 Å². The molecule has 15 heteroatoms. The zero-order valence-electron chi connectivity index (χ0n) is 24.7. The number of para-hydroxylation sites is 2. The van der Waals surface area contributed by atoms with Gasteiger partial charge in [0.05, 0.1) is 46.3 Å². The lowest BCUT2D eigenvalue weighted by atomic mass is 10.1. The summed E-state index contributed by atoms with van der Waals surface area (Å²) < 4.78 is 35.5. The molecule has 0 aliphatic heterocycles. The summed E-state index contributed by atoms with van der Waals surface area (Å²) in [5.74, 6) is -0.0996. The van der Waals surface area contributed by atoms with Crippen molar-refractivity contribution in [2.45, 2.75) is 6.10 Å². The number of esters is 1. The van der Waals surface area contributed by atoms with Crippen LogP contribution in [0.25, 0.3) is 10.9 Å². The highest BCUT2D eigenvalue weighted by Gasteiger charge is 2.17. The molecule has 0 saturated carbocycles. The number of benzene rings is 4. The van der Waals surface area contributed by atoms with E-state index in [0.29, 0.717) is 22.0 Å². The van der Waals surface area contributed by atoms with E-state index in [2.05, 4.69) is 15.0 Å². The number of aliphatic hydroxyl groups excluding tert-OH is 2. The Morgan fingerprint density at radius 1 is 0.979 bits per heavy atom. The lowest BCUT2D eigenvalue weighted by molar-refractivity contribution is -0.384. The van der Waals surface area contributed by atoms with E-state index in [-0.39, 0.29) is 23.7 Å². The Morgan fingerprint density at radius 3 is 2.40 bits per heavy atom. The van der Waals surface area contributed by atoms with Crippen LogP contribution in [0.2, 0.25) is 5.02 Å². The van der Waals surface area contributed by atoms with Crippen molar-refractivity contribution >= 4 is 61.2 Å². The molecule has 4 aromatic carbocycles. The highest BCUT2D eigenvalue weighted by Crippen LogP contribution is 2.34. The van der Waals surface area contributed by atoms with Crippen LogP contribution in [0.3, 0.4) is 0 Å². The van der Waals surface area contributed by atoms with E-state index in [0.717, 1.165) is 22.8 Å². The molecule has 4 N–H and O–H groups in total. The number of non-ortho nitro benzene ring substituents is 1. The Labute approximate surface area is 274 Å².